The minimum Gasteiger partial charge on any atom is -0.294 e. The molecule has 1 N–H and O–H groups in total. The number of aromatic nitrogens is 1. The number of halogens is 1. The number of rotatable bonds is 7. The average molecular weight is 436 g/mol. The Morgan fingerprint density at radius 2 is 2.07 bits per heavy atom. The molecule has 0 saturated carbocycles. The SMILES string of the molecule is Cc1ccc(N(C=O)Nc2cccc(CN3CCN(S(C)(=O)=O)C[C@H]3C)c2F)cn1. The van der Waals surface area contributed by atoms with Crippen molar-refractivity contribution in [1.82, 2.24) is 14.2 Å². The first-order valence-electron chi connectivity index (χ1n) is 9.59. The number of aryl methyl sites for hydroxylation is 1. The third kappa shape index (κ3) is 5.13. The van der Waals surface area contributed by atoms with Gasteiger partial charge in [-0.05, 0) is 32.0 Å². The number of hydrazine groups is 1. The number of hydrogen-bond acceptors (Lipinski definition) is 6. The fourth-order valence-corrected chi connectivity index (χ4v) is 4.29. The van der Waals surface area contributed by atoms with E-state index in [0.29, 0.717) is 43.8 Å². The molecule has 2 heterocycles. The lowest BCUT2D eigenvalue weighted by Gasteiger charge is -2.38. The number of piperazine rings is 1. The van der Waals surface area contributed by atoms with Crippen LogP contribution in [0.4, 0.5) is 15.8 Å². The van der Waals surface area contributed by atoms with Crippen molar-refractivity contribution in [3.05, 3.63) is 53.6 Å². The Bertz CT molecular complexity index is 1000. The highest BCUT2D eigenvalue weighted by atomic mass is 32.2. The molecular formula is C20H26FN5O3S. The van der Waals surface area contributed by atoms with Crippen LogP contribution in [0.25, 0.3) is 0 Å². The Labute approximate surface area is 176 Å². The average Bonchev–Trinajstić information content (AvgIpc) is 2.70. The van der Waals surface area contributed by atoms with Crippen LogP contribution in [0, 0.1) is 12.7 Å². The molecule has 0 spiro atoms. The van der Waals surface area contributed by atoms with Crippen molar-refractivity contribution >= 4 is 27.8 Å². The van der Waals surface area contributed by atoms with Crippen molar-refractivity contribution in [2.75, 3.05) is 36.3 Å². The summed E-state index contributed by atoms with van der Waals surface area (Å²) >= 11 is 0. The van der Waals surface area contributed by atoms with E-state index in [1.807, 2.05) is 18.7 Å². The second kappa shape index (κ2) is 9.07. The van der Waals surface area contributed by atoms with Gasteiger partial charge in [0.2, 0.25) is 16.4 Å². The van der Waals surface area contributed by atoms with Gasteiger partial charge in [-0.1, -0.05) is 12.1 Å². The van der Waals surface area contributed by atoms with Gasteiger partial charge in [-0.3, -0.25) is 20.1 Å². The molecule has 2 aromatic rings. The number of hydrogen-bond donors (Lipinski definition) is 1. The number of sulfonamides is 1. The van der Waals surface area contributed by atoms with Crippen LogP contribution in [0.5, 0.6) is 0 Å². The minimum absolute atomic E-state index is 0.0467. The van der Waals surface area contributed by atoms with Gasteiger partial charge >= 0.3 is 0 Å². The standard InChI is InChI=1S/C20H26FN5O3S/c1-15-7-8-18(11-22-15)26(14-27)23-19-6-4-5-17(20(19)21)13-24-9-10-25(12-16(24)2)30(3,28)29/h4-8,11,14,16,23H,9-10,12-13H2,1-3H3/t16-/m1/s1. The predicted octanol–water partition coefficient (Wildman–Crippen LogP) is 1.98. The lowest BCUT2D eigenvalue weighted by atomic mass is 10.1. The number of carbonyl (C=O) groups is 1. The zero-order chi connectivity index (χ0) is 21.9. The van der Waals surface area contributed by atoms with Gasteiger partial charge in [0.25, 0.3) is 0 Å². The maximum atomic E-state index is 15.1. The number of anilines is 2. The number of nitrogens with zero attached hydrogens (tertiary/aromatic N) is 4. The van der Waals surface area contributed by atoms with Crippen LogP contribution in [-0.2, 0) is 21.4 Å². The topological polar surface area (TPSA) is 85.9 Å². The number of amides is 1. The van der Waals surface area contributed by atoms with Gasteiger partial charge in [-0.2, -0.15) is 4.31 Å². The van der Waals surface area contributed by atoms with E-state index in [2.05, 4.69) is 10.4 Å². The van der Waals surface area contributed by atoms with Crippen molar-refractivity contribution in [1.29, 1.82) is 0 Å². The molecule has 1 aliphatic heterocycles. The second-order valence-electron chi connectivity index (χ2n) is 7.46. The van der Waals surface area contributed by atoms with Crippen molar-refractivity contribution in [3.63, 3.8) is 0 Å². The van der Waals surface area contributed by atoms with Crippen molar-refractivity contribution < 1.29 is 17.6 Å². The molecule has 0 aliphatic carbocycles. The summed E-state index contributed by atoms with van der Waals surface area (Å²) in [5, 5.41) is 1.17. The fourth-order valence-electron chi connectivity index (χ4n) is 3.39. The first-order chi connectivity index (χ1) is 14.2. The predicted molar refractivity (Wildman–Crippen MR) is 114 cm³/mol. The normalized spacial score (nSPS) is 18.2. The van der Waals surface area contributed by atoms with E-state index in [4.69, 9.17) is 0 Å². The first-order valence-corrected chi connectivity index (χ1v) is 11.4. The van der Waals surface area contributed by atoms with Crippen LogP contribution in [0.3, 0.4) is 0 Å². The van der Waals surface area contributed by atoms with Gasteiger partial charge in [0.15, 0.2) is 5.82 Å². The fraction of sp³-hybridized carbons (Fsp3) is 0.400. The second-order valence-corrected chi connectivity index (χ2v) is 9.45. The van der Waals surface area contributed by atoms with E-state index in [-0.39, 0.29) is 11.7 Å². The van der Waals surface area contributed by atoms with Crippen LogP contribution in [0.15, 0.2) is 36.5 Å². The van der Waals surface area contributed by atoms with E-state index in [9.17, 15) is 13.2 Å². The van der Waals surface area contributed by atoms with E-state index < -0.39 is 15.8 Å². The third-order valence-electron chi connectivity index (χ3n) is 5.17. The molecule has 1 saturated heterocycles. The third-order valence-corrected chi connectivity index (χ3v) is 6.44. The highest BCUT2D eigenvalue weighted by molar-refractivity contribution is 7.88. The first kappa shape index (κ1) is 22.1. The zero-order valence-electron chi connectivity index (χ0n) is 17.2. The van der Waals surface area contributed by atoms with Crippen LogP contribution >= 0.6 is 0 Å². The Kier molecular flexibility index (Phi) is 6.69. The van der Waals surface area contributed by atoms with Gasteiger partial charge in [0, 0.05) is 43.5 Å². The molecular weight excluding hydrogens is 409 g/mol. The molecule has 162 valence electrons. The van der Waals surface area contributed by atoms with Crippen LogP contribution in [-0.4, -0.2) is 60.9 Å². The van der Waals surface area contributed by atoms with Gasteiger partial charge in [0.05, 0.1) is 23.8 Å². The molecule has 3 rings (SSSR count). The Balaban J connectivity index is 1.73. The molecule has 8 nitrogen and oxygen atoms in total. The lowest BCUT2D eigenvalue weighted by Crippen LogP contribution is -2.52. The van der Waals surface area contributed by atoms with Gasteiger partial charge in [0.1, 0.15) is 0 Å². The highest BCUT2D eigenvalue weighted by Gasteiger charge is 2.29. The molecule has 10 heteroatoms. The molecule has 1 amide bonds. The van der Waals surface area contributed by atoms with Crippen molar-refractivity contribution in [2.24, 2.45) is 0 Å². The maximum absolute atomic E-state index is 15.1. The van der Waals surface area contributed by atoms with E-state index in [1.54, 1.807) is 30.3 Å². The number of pyridine rings is 1. The van der Waals surface area contributed by atoms with Crippen molar-refractivity contribution in [2.45, 2.75) is 26.4 Å². The van der Waals surface area contributed by atoms with Gasteiger partial charge in [-0.15, -0.1) is 0 Å². The number of benzene rings is 1. The number of carbonyl (C=O) groups excluding carboxylic acids is 1. The molecule has 1 aromatic carbocycles. The van der Waals surface area contributed by atoms with E-state index in [1.165, 1.54) is 21.8 Å². The van der Waals surface area contributed by atoms with Crippen LogP contribution < -0.4 is 10.4 Å². The molecule has 1 fully saturated rings. The number of nitrogens with one attached hydrogen (secondary N) is 1. The molecule has 30 heavy (non-hydrogen) atoms. The summed E-state index contributed by atoms with van der Waals surface area (Å²) in [5.41, 5.74) is 4.73. The summed E-state index contributed by atoms with van der Waals surface area (Å²) < 4.78 is 40.1. The lowest BCUT2D eigenvalue weighted by molar-refractivity contribution is -0.107. The van der Waals surface area contributed by atoms with E-state index >= 15 is 4.39 Å². The summed E-state index contributed by atoms with van der Waals surface area (Å²) in [5.74, 6) is -0.456. The highest BCUT2D eigenvalue weighted by Crippen LogP contribution is 2.23. The van der Waals surface area contributed by atoms with Gasteiger partial charge in [-0.25, -0.2) is 17.8 Å². The largest absolute Gasteiger partial charge is 0.294 e. The minimum atomic E-state index is -3.24. The van der Waals surface area contributed by atoms with Gasteiger partial charge < -0.3 is 0 Å². The molecule has 0 radical (unpaired) electrons. The summed E-state index contributed by atoms with van der Waals surface area (Å²) in [7, 11) is -3.24. The van der Waals surface area contributed by atoms with Crippen molar-refractivity contribution in [3.8, 4) is 0 Å². The summed E-state index contributed by atoms with van der Waals surface area (Å²) in [6.07, 6.45) is 3.29. The molecule has 0 bridgehead atoms. The summed E-state index contributed by atoms with van der Waals surface area (Å²) in [4.78, 5) is 17.7. The van der Waals surface area contributed by atoms with E-state index in [0.717, 1.165) is 5.69 Å². The Morgan fingerprint density at radius 3 is 2.67 bits per heavy atom. The molecule has 0 unspecified atom stereocenters. The van der Waals surface area contributed by atoms with Crippen LogP contribution in [0.2, 0.25) is 0 Å². The summed E-state index contributed by atoms with van der Waals surface area (Å²) in [6.45, 7) is 5.37. The maximum Gasteiger partial charge on any atom is 0.232 e. The Hall–Kier alpha value is -2.56. The zero-order valence-corrected chi connectivity index (χ0v) is 18.1. The molecule has 1 aliphatic rings. The quantitative estimate of drug-likeness (QED) is 0.529. The Morgan fingerprint density at radius 1 is 1.30 bits per heavy atom. The monoisotopic (exact) mass is 435 g/mol. The molecule has 1 aromatic heterocycles. The summed E-state index contributed by atoms with van der Waals surface area (Å²) in [6, 6.07) is 8.40. The van der Waals surface area contributed by atoms with Crippen LogP contribution in [0.1, 0.15) is 18.2 Å². The molecule has 1 atom stereocenters. The smallest absolute Gasteiger partial charge is 0.232 e.